The van der Waals surface area contributed by atoms with Crippen molar-refractivity contribution in [1.29, 1.82) is 0 Å². The summed E-state index contributed by atoms with van der Waals surface area (Å²) < 4.78 is 11.4. The standard InChI is InChI=1S/C42H50N6O4S/c1-40(2,3)51-38(49)47-42(20-8-7-9-21-42)37-44-29-16-14-27(24-31(29)45-37)34-19-18-33(53-34)26-12-15-28-25(23-26)13-17-30-35(28)46-36(43-30)32-11-10-22-48(32)39(50)52-41(4,5)6/h12,14-16,18-19,23-24,32H,7-11,13,17,20-22H2,1-6H3,(H,43,46)(H,44,45)(H,47,49)/t32-/m0/s1. The first-order chi connectivity index (χ1) is 25.2. The summed E-state index contributed by atoms with van der Waals surface area (Å²) in [5.74, 6) is 1.65. The van der Waals surface area contributed by atoms with Gasteiger partial charge in [0.25, 0.3) is 0 Å². The molecule has 0 radical (unpaired) electrons. The van der Waals surface area contributed by atoms with Crippen LogP contribution in [0.2, 0.25) is 0 Å². The van der Waals surface area contributed by atoms with Gasteiger partial charge in [0.2, 0.25) is 0 Å². The van der Waals surface area contributed by atoms with E-state index in [-0.39, 0.29) is 12.1 Å². The normalized spacial score (nSPS) is 18.5. The molecule has 3 N–H and O–H groups in total. The Hall–Kier alpha value is -4.64. The Labute approximate surface area is 315 Å². The Morgan fingerprint density at radius 3 is 2.30 bits per heavy atom. The number of rotatable bonds is 5. The lowest BCUT2D eigenvalue weighted by Gasteiger charge is -2.36. The number of hydrogen-bond donors (Lipinski definition) is 3. The molecule has 2 aliphatic carbocycles. The first-order valence-corrected chi connectivity index (χ1v) is 19.9. The average Bonchev–Trinajstić information content (AvgIpc) is 3.91. The fourth-order valence-corrected chi connectivity index (χ4v) is 9.14. The van der Waals surface area contributed by atoms with Crippen molar-refractivity contribution in [2.75, 3.05) is 6.54 Å². The van der Waals surface area contributed by atoms with E-state index in [1.807, 2.05) is 46.4 Å². The summed E-state index contributed by atoms with van der Waals surface area (Å²) in [6.07, 6.45) is 7.79. The van der Waals surface area contributed by atoms with Crippen molar-refractivity contribution in [2.45, 2.75) is 122 Å². The molecule has 11 heteroatoms. The van der Waals surface area contributed by atoms with Crippen LogP contribution in [0.5, 0.6) is 0 Å². The zero-order valence-corrected chi connectivity index (χ0v) is 32.5. The van der Waals surface area contributed by atoms with Crippen molar-refractivity contribution in [3.63, 3.8) is 0 Å². The highest BCUT2D eigenvalue weighted by molar-refractivity contribution is 7.18. The fourth-order valence-electron chi connectivity index (χ4n) is 8.14. The highest BCUT2D eigenvalue weighted by atomic mass is 32.1. The van der Waals surface area contributed by atoms with Gasteiger partial charge in [0.05, 0.1) is 22.8 Å². The number of hydrogen-bond acceptors (Lipinski definition) is 7. The van der Waals surface area contributed by atoms with Gasteiger partial charge in [0.1, 0.15) is 28.4 Å². The Bertz CT molecular complexity index is 2180. The van der Waals surface area contributed by atoms with Gasteiger partial charge in [-0.2, -0.15) is 0 Å². The second kappa shape index (κ2) is 13.3. The number of ether oxygens (including phenoxy) is 2. The van der Waals surface area contributed by atoms with Crippen molar-refractivity contribution in [1.82, 2.24) is 30.2 Å². The van der Waals surface area contributed by atoms with E-state index < -0.39 is 22.8 Å². The third kappa shape index (κ3) is 7.20. The summed E-state index contributed by atoms with van der Waals surface area (Å²) in [6, 6.07) is 17.4. The summed E-state index contributed by atoms with van der Waals surface area (Å²) in [7, 11) is 0. The Kier molecular flexibility index (Phi) is 8.91. The number of aryl methyl sites for hydroxylation is 2. The van der Waals surface area contributed by atoms with Crippen LogP contribution in [0.1, 0.15) is 115 Å². The minimum Gasteiger partial charge on any atom is -0.444 e. The number of alkyl carbamates (subject to hydrolysis) is 1. The van der Waals surface area contributed by atoms with E-state index in [4.69, 9.17) is 19.4 Å². The van der Waals surface area contributed by atoms with Gasteiger partial charge in [-0.15, -0.1) is 11.3 Å². The Balaban J connectivity index is 1.01. The highest BCUT2D eigenvalue weighted by Gasteiger charge is 2.40. The van der Waals surface area contributed by atoms with Gasteiger partial charge >= 0.3 is 12.2 Å². The van der Waals surface area contributed by atoms with E-state index in [1.165, 1.54) is 20.9 Å². The molecule has 1 aliphatic heterocycles. The minimum absolute atomic E-state index is 0.0995. The van der Waals surface area contributed by atoms with Crippen LogP contribution < -0.4 is 5.32 Å². The number of nitrogens with zero attached hydrogens (tertiary/aromatic N) is 3. The van der Waals surface area contributed by atoms with E-state index in [2.05, 4.69) is 63.8 Å². The predicted molar refractivity (Wildman–Crippen MR) is 209 cm³/mol. The minimum atomic E-state index is -0.572. The van der Waals surface area contributed by atoms with Crippen LogP contribution in [0.3, 0.4) is 0 Å². The molecule has 278 valence electrons. The number of H-pyrrole nitrogens is 2. The number of carbonyl (C=O) groups excluding carboxylic acids is 2. The summed E-state index contributed by atoms with van der Waals surface area (Å²) in [5, 5.41) is 3.21. The summed E-state index contributed by atoms with van der Waals surface area (Å²) in [5.41, 5.74) is 7.08. The van der Waals surface area contributed by atoms with E-state index in [0.29, 0.717) is 6.54 Å². The number of benzene rings is 2. The van der Waals surface area contributed by atoms with Gasteiger partial charge in [0, 0.05) is 27.6 Å². The fraction of sp³-hybridized carbons (Fsp3) is 0.476. The van der Waals surface area contributed by atoms with Crippen LogP contribution in [0.15, 0.2) is 48.5 Å². The summed E-state index contributed by atoms with van der Waals surface area (Å²) in [4.78, 5) is 47.4. The molecule has 5 aromatic rings. The number of amides is 2. The predicted octanol–water partition coefficient (Wildman–Crippen LogP) is 10.2. The molecule has 4 heterocycles. The lowest BCUT2D eigenvalue weighted by molar-refractivity contribution is 0.0218. The van der Waals surface area contributed by atoms with Gasteiger partial charge < -0.3 is 24.8 Å². The van der Waals surface area contributed by atoms with Gasteiger partial charge in [-0.3, -0.25) is 4.90 Å². The Morgan fingerprint density at radius 1 is 0.849 bits per heavy atom. The monoisotopic (exact) mass is 734 g/mol. The average molecular weight is 735 g/mol. The van der Waals surface area contributed by atoms with E-state index in [9.17, 15) is 9.59 Å². The van der Waals surface area contributed by atoms with E-state index in [1.54, 1.807) is 11.3 Å². The van der Waals surface area contributed by atoms with Crippen LogP contribution in [-0.2, 0) is 27.9 Å². The van der Waals surface area contributed by atoms with Gasteiger partial charge in [0.15, 0.2) is 0 Å². The zero-order valence-electron chi connectivity index (χ0n) is 31.7. The number of thiophene rings is 1. The first kappa shape index (κ1) is 35.4. The number of imidazole rings is 2. The second-order valence-corrected chi connectivity index (χ2v) is 18.0. The maximum atomic E-state index is 13.0. The smallest absolute Gasteiger partial charge is 0.410 e. The molecular formula is C42H50N6O4S. The second-order valence-electron chi connectivity index (χ2n) is 16.9. The summed E-state index contributed by atoms with van der Waals surface area (Å²) >= 11 is 1.78. The SMILES string of the molecule is CC(C)(C)OC(=O)NC1(c2nc3ccc(-c4ccc(-c5ccc6c(c5)CCc5[nH]c([C@@H]7CCCN7C(=O)OC(C)(C)C)nc5-6)s4)cc3[nH]2)CCCCC1. The molecule has 2 amide bonds. The van der Waals surface area contributed by atoms with Crippen LogP contribution in [-0.4, -0.2) is 54.8 Å². The largest absolute Gasteiger partial charge is 0.444 e. The lowest BCUT2D eigenvalue weighted by Crippen LogP contribution is -2.49. The topological polar surface area (TPSA) is 125 Å². The number of aromatic nitrogens is 4. The molecule has 10 nitrogen and oxygen atoms in total. The molecule has 1 atom stereocenters. The number of likely N-dealkylation sites (tertiary alicyclic amines) is 1. The molecular weight excluding hydrogens is 685 g/mol. The lowest BCUT2D eigenvalue weighted by atomic mass is 9.81. The molecule has 0 bridgehead atoms. The molecule has 0 unspecified atom stereocenters. The Morgan fingerprint density at radius 2 is 1.57 bits per heavy atom. The maximum absolute atomic E-state index is 13.0. The van der Waals surface area contributed by atoms with Gasteiger partial charge in [-0.1, -0.05) is 37.5 Å². The van der Waals surface area contributed by atoms with Crippen LogP contribution in [0, 0.1) is 0 Å². The van der Waals surface area contributed by atoms with Gasteiger partial charge in [-0.05, 0) is 127 Å². The van der Waals surface area contributed by atoms with Crippen molar-refractivity contribution in [3.8, 4) is 32.1 Å². The third-order valence-electron chi connectivity index (χ3n) is 10.6. The number of aromatic amines is 2. The highest BCUT2D eigenvalue weighted by Crippen LogP contribution is 2.42. The van der Waals surface area contributed by atoms with Crippen LogP contribution in [0.4, 0.5) is 9.59 Å². The molecule has 3 aliphatic rings. The third-order valence-corrected chi connectivity index (χ3v) is 11.7. The van der Waals surface area contributed by atoms with Crippen LogP contribution >= 0.6 is 11.3 Å². The molecule has 2 aromatic carbocycles. The molecule has 53 heavy (non-hydrogen) atoms. The van der Waals surface area contributed by atoms with Crippen molar-refractivity contribution in [2.24, 2.45) is 0 Å². The zero-order chi connectivity index (χ0) is 37.1. The van der Waals surface area contributed by atoms with E-state index >= 15 is 0 Å². The first-order valence-electron chi connectivity index (χ1n) is 19.1. The maximum Gasteiger partial charge on any atom is 0.410 e. The van der Waals surface area contributed by atoms with Crippen LogP contribution in [0.25, 0.3) is 43.2 Å². The molecule has 3 aromatic heterocycles. The van der Waals surface area contributed by atoms with Crippen molar-refractivity contribution < 1.29 is 19.1 Å². The number of fused-ring (bicyclic) bond motifs is 4. The van der Waals surface area contributed by atoms with E-state index in [0.717, 1.165) is 103 Å². The van der Waals surface area contributed by atoms with Gasteiger partial charge in [-0.25, -0.2) is 19.6 Å². The molecule has 2 fully saturated rings. The summed E-state index contributed by atoms with van der Waals surface area (Å²) in [6.45, 7) is 12.0. The quantitative estimate of drug-likeness (QED) is 0.165. The molecule has 0 spiro atoms. The number of nitrogens with one attached hydrogen (secondary N) is 3. The number of carbonyl (C=O) groups is 2. The molecule has 8 rings (SSSR count). The molecule has 1 saturated heterocycles. The molecule has 1 saturated carbocycles. The van der Waals surface area contributed by atoms with Crippen molar-refractivity contribution in [3.05, 3.63) is 71.4 Å². The van der Waals surface area contributed by atoms with Crippen molar-refractivity contribution >= 4 is 34.6 Å².